The number of benzene rings is 2. The van der Waals surface area contributed by atoms with Crippen LogP contribution in [0, 0.1) is 6.92 Å². The van der Waals surface area contributed by atoms with Crippen molar-refractivity contribution in [1.82, 2.24) is 5.32 Å². The minimum Gasteiger partial charge on any atom is -0.478 e. The number of carbonyl (C=O) groups excluding carboxylic acids is 1. The Kier molecular flexibility index (Phi) is 6.20. The van der Waals surface area contributed by atoms with Crippen LogP contribution < -0.4 is 11.1 Å². The quantitative estimate of drug-likeness (QED) is 0.559. The largest absolute Gasteiger partial charge is 0.478 e. The lowest BCUT2D eigenvalue weighted by Gasteiger charge is -2.26. The van der Waals surface area contributed by atoms with Crippen LogP contribution in [0.4, 0.5) is 5.69 Å². The smallest absolute Gasteiger partial charge is 0.337 e. The summed E-state index contributed by atoms with van der Waals surface area (Å²) in [5.41, 5.74) is 5.47. The fourth-order valence-electron chi connectivity index (χ4n) is 2.74. The zero-order valence-electron chi connectivity index (χ0n) is 15.6. The van der Waals surface area contributed by atoms with Gasteiger partial charge in [0.1, 0.15) is 0 Å². The van der Waals surface area contributed by atoms with Gasteiger partial charge in [0.25, 0.3) is 5.91 Å². The number of rotatable bonds is 6. The van der Waals surface area contributed by atoms with Gasteiger partial charge >= 0.3 is 5.97 Å². The third-order valence-corrected chi connectivity index (χ3v) is 6.81. The van der Waals surface area contributed by atoms with Crippen molar-refractivity contribution in [3.63, 3.8) is 0 Å². The summed E-state index contributed by atoms with van der Waals surface area (Å²) in [6.07, 6.45) is 0. The molecule has 28 heavy (non-hydrogen) atoms. The van der Waals surface area contributed by atoms with Crippen molar-refractivity contribution in [2.45, 2.75) is 31.2 Å². The summed E-state index contributed by atoms with van der Waals surface area (Å²) in [5, 5.41) is 12.0. The lowest BCUT2D eigenvalue weighted by molar-refractivity contribution is 0.0688. The van der Waals surface area contributed by atoms with Crippen LogP contribution in [0.2, 0.25) is 0 Å². The van der Waals surface area contributed by atoms with Crippen LogP contribution >= 0.6 is 15.9 Å². The number of aryl methyl sites for hydroxylation is 1. The van der Waals surface area contributed by atoms with Gasteiger partial charge in [-0.2, -0.15) is 0 Å². The molecule has 0 radical (unpaired) electrons. The Bertz CT molecular complexity index is 1050. The van der Waals surface area contributed by atoms with E-state index in [2.05, 4.69) is 21.2 Å². The molecule has 0 aromatic heterocycles. The predicted molar refractivity (Wildman–Crippen MR) is 110 cm³/mol. The number of carboxylic acid groups (broad SMARTS) is 1. The van der Waals surface area contributed by atoms with E-state index in [0.29, 0.717) is 11.3 Å². The number of anilines is 1. The molecule has 0 saturated heterocycles. The Morgan fingerprint density at radius 1 is 1.21 bits per heavy atom. The zero-order chi connectivity index (χ0) is 21.3. The fraction of sp³-hybridized carbons (Fsp3) is 0.263. The van der Waals surface area contributed by atoms with Crippen molar-refractivity contribution >= 4 is 43.3 Å². The normalized spacial score (nSPS) is 11.9. The van der Waals surface area contributed by atoms with Crippen LogP contribution in [0.1, 0.15) is 40.1 Å². The Labute approximate surface area is 172 Å². The Hall–Kier alpha value is -2.39. The van der Waals surface area contributed by atoms with Gasteiger partial charge in [-0.3, -0.25) is 4.79 Å². The first-order chi connectivity index (χ1) is 12.8. The van der Waals surface area contributed by atoms with Crippen molar-refractivity contribution < 1.29 is 23.1 Å². The van der Waals surface area contributed by atoms with Crippen molar-refractivity contribution in [2.24, 2.45) is 0 Å². The van der Waals surface area contributed by atoms with Gasteiger partial charge in [-0.15, -0.1) is 0 Å². The molecular formula is C19H21BrN2O5S. The first-order valence-electron chi connectivity index (χ1n) is 8.27. The predicted octanol–water partition coefficient (Wildman–Crippen LogP) is 3.02. The van der Waals surface area contributed by atoms with E-state index in [1.807, 2.05) is 0 Å². The van der Waals surface area contributed by atoms with E-state index in [4.69, 9.17) is 5.73 Å². The summed E-state index contributed by atoms with van der Waals surface area (Å²) in [6.45, 7) is 4.83. The van der Waals surface area contributed by atoms with Gasteiger partial charge in [0.15, 0.2) is 9.84 Å². The van der Waals surface area contributed by atoms with Gasteiger partial charge in [-0.25, -0.2) is 13.2 Å². The Morgan fingerprint density at radius 3 is 2.43 bits per heavy atom. The van der Waals surface area contributed by atoms with Crippen molar-refractivity contribution in [1.29, 1.82) is 0 Å². The van der Waals surface area contributed by atoms with Gasteiger partial charge in [0.2, 0.25) is 0 Å². The maximum atomic E-state index is 12.8. The Morgan fingerprint density at radius 2 is 1.86 bits per heavy atom. The molecule has 0 spiro atoms. The van der Waals surface area contributed by atoms with Crippen LogP contribution in [0.5, 0.6) is 0 Å². The van der Waals surface area contributed by atoms with Crippen molar-refractivity contribution in [2.75, 3.05) is 11.5 Å². The highest BCUT2D eigenvalue weighted by Gasteiger charge is 2.31. The van der Waals surface area contributed by atoms with Crippen molar-refractivity contribution in [3.05, 3.63) is 57.6 Å². The lowest BCUT2D eigenvalue weighted by Crippen LogP contribution is -2.48. The van der Waals surface area contributed by atoms with Gasteiger partial charge in [-0.1, -0.05) is 6.07 Å². The average molecular weight is 469 g/mol. The van der Waals surface area contributed by atoms with Crippen LogP contribution in [0.25, 0.3) is 0 Å². The SMILES string of the molecule is Cc1cc(S(=O)(=O)CC(C)(C)NC(=O)c2cccc(Br)c2C(=O)O)ccc1N. The van der Waals surface area contributed by atoms with E-state index in [-0.39, 0.29) is 26.2 Å². The standard InChI is InChI=1S/C19H21BrN2O5S/c1-11-9-12(7-8-15(11)21)28(26,27)10-19(2,3)22-17(23)13-5-4-6-14(20)16(13)18(24)25/h4-9H,10,21H2,1-3H3,(H,22,23)(H,24,25). The number of aromatic carboxylic acids is 1. The van der Waals surface area contributed by atoms with Crippen molar-refractivity contribution in [3.8, 4) is 0 Å². The summed E-state index contributed by atoms with van der Waals surface area (Å²) in [5.74, 6) is -2.31. The number of nitrogens with two attached hydrogens (primary N) is 1. The topological polar surface area (TPSA) is 127 Å². The summed E-state index contributed by atoms with van der Waals surface area (Å²) in [4.78, 5) is 24.2. The van der Waals surface area contributed by atoms with E-state index in [9.17, 15) is 23.1 Å². The first kappa shape index (κ1) is 21.9. The molecule has 2 aromatic carbocycles. The second-order valence-corrected chi connectivity index (χ2v) is 9.93. The second kappa shape index (κ2) is 7.92. The fourth-order valence-corrected chi connectivity index (χ4v) is 5.10. The molecule has 150 valence electrons. The highest BCUT2D eigenvalue weighted by molar-refractivity contribution is 9.10. The van der Waals surface area contributed by atoms with E-state index in [0.717, 1.165) is 0 Å². The molecule has 1 amide bonds. The second-order valence-electron chi connectivity index (χ2n) is 7.08. The lowest BCUT2D eigenvalue weighted by atomic mass is 10.0. The summed E-state index contributed by atoms with van der Waals surface area (Å²) in [7, 11) is -3.72. The minimum atomic E-state index is -3.72. The van der Waals surface area contributed by atoms with E-state index in [1.54, 1.807) is 20.8 Å². The summed E-state index contributed by atoms with van der Waals surface area (Å²) >= 11 is 3.12. The number of sulfone groups is 1. The third-order valence-electron chi connectivity index (χ3n) is 4.08. The van der Waals surface area contributed by atoms with Gasteiger partial charge in [-0.05, 0) is 72.6 Å². The third kappa shape index (κ3) is 4.90. The molecule has 0 bridgehead atoms. The summed E-state index contributed by atoms with van der Waals surface area (Å²) in [6, 6.07) is 8.85. The number of carboxylic acids is 1. The molecule has 2 rings (SSSR count). The number of nitrogens with one attached hydrogen (secondary N) is 1. The molecule has 0 aliphatic rings. The maximum absolute atomic E-state index is 12.8. The molecule has 0 unspecified atom stereocenters. The molecule has 0 saturated carbocycles. The molecule has 0 aliphatic heterocycles. The molecule has 7 nitrogen and oxygen atoms in total. The Balaban J connectivity index is 2.28. The molecule has 0 atom stereocenters. The molecule has 9 heteroatoms. The van der Waals surface area contributed by atoms with Gasteiger partial charge < -0.3 is 16.2 Å². The van der Waals surface area contributed by atoms with Crippen LogP contribution in [0.3, 0.4) is 0 Å². The van der Waals surface area contributed by atoms with E-state index in [1.165, 1.54) is 36.4 Å². The van der Waals surface area contributed by atoms with Gasteiger partial charge in [0, 0.05) is 15.7 Å². The molecule has 0 heterocycles. The maximum Gasteiger partial charge on any atom is 0.337 e. The molecular weight excluding hydrogens is 448 g/mol. The minimum absolute atomic E-state index is 0.0596. The molecule has 0 aliphatic carbocycles. The zero-order valence-corrected chi connectivity index (χ0v) is 18.0. The number of carbonyl (C=O) groups is 2. The van der Waals surface area contributed by atoms with Crippen LogP contribution in [0.15, 0.2) is 45.8 Å². The highest BCUT2D eigenvalue weighted by atomic mass is 79.9. The van der Waals surface area contributed by atoms with Crippen LogP contribution in [-0.4, -0.2) is 36.7 Å². The first-order valence-corrected chi connectivity index (χ1v) is 10.7. The number of amides is 1. The molecule has 4 N–H and O–H groups in total. The van der Waals surface area contributed by atoms with E-state index < -0.39 is 27.3 Å². The number of halogens is 1. The van der Waals surface area contributed by atoms with Crippen LogP contribution in [-0.2, 0) is 9.84 Å². The molecule has 2 aromatic rings. The number of hydrogen-bond acceptors (Lipinski definition) is 5. The highest BCUT2D eigenvalue weighted by Crippen LogP contribution is 2.23. The number of nitrogen functional groups attached to an aromatic ring is 1. The number of hydrogen-bond donors (Lipinski definition) is 3. The average Bonchev–Trinajstić information content (AvgIpc) is 2.55. The summed E-state index contributed by atoms with van der Waals surface area (Å²) < 4.78 is 25.8. The van der Waals surface area contributed by atoms with Gasteiger partial charge in [0.05, 0.1) is 21.8 Å². The van der Waals surface area contributed by atoms with E-state index >= 15 is 0 Å². The monoisotopic (exact) mass is 468 g/mol. The molecule has 0 fully saturated rings.